The van der Waals surface area contributed by atoms with Gasteiger partial charge in [0.2, 0.25) is 0 Å². The van der Waals surface area contributed by atoms with Crippen molar-refractivity contribution < 1.29 is 18.1 Å². The lowest BCUT2D eigenvalue weighted by Crippen LogP contribution is -2.48. The normalized spacial score (nSPS) is 24.6. The second-order valence-corrected chi connectivity index (χ2v) is 8.94. The van der Waals surface area contributed by atoms with Crippen LogP contribution in [0.25, 0.3) is 0 Å². The summed E-state index contributed by atoms with van der Waals surface area (Å²) in [5.41, 5.74) is -0.368. The quantitative estimate of drug-likeness (QED) is 0.606. The molecule has 10 heteroatoms. The van der Waals surface area contributed by atoms with Crippen LogP contribution < -0.4 is 5.32 Å². The molecule has 2 heterocycles. The van der Waals surface area contributed by atoms with Crippen molar-refractivity contribution in [1.82, 2.24) is 10.2 Å². The maximum absolute atomic E-state index is 12.8. The number of nitro benzene ring substituents is 1. The number of carbonyl (C=O) groups is 1. The number of halogens is 1. The second-order valence-electron chi connectivity index (χ2n) is 6.92. The molecule has 0 radical (unpaired) electrons. The molecule has 1 aromatic carbocycles. The van der Waals surface area contributed by atoms with E-state index in [4.69, 9.17) is 0 Å². The second kappa shape index (κ2) is 7.50. The van der Waals surface area contributed by atoms with Gasteiger partial charge in [-0.2, -0.15) is 0 Å². The largest absolute Gasteiger partial charge is 0.339 e. The Hall–Kier alpha value is -1.71. The van der Waals surface area contributed by atoms with Crippen LogP contribution in [0.1, 0.15) is 36.0 Å². The van der Waals surface area contributed by atoms with E-state index in [1.54, 1.807) is 11.9 Å². The molecule has 26 heavy (non-hydrogen) atoms. The lowest BCUT2D eigenvalue weighted by molar-refractivity contribution is -0.385. The van der Waals surface area contributed by atoms with Crippen LogP contribution in [0.2, 0.25) is 0 Å². The third-order valence-corrected chi connectivity index (χ3v) is 6.19. The fraction of sp³-hybridized carbons (Fsp3) is 0.562. The van der Waals surface area contributed by atoms with E-state index in [-0.39, 0.29) is 34.8 Å². The standard InChI is InChI=1S/C16H21N3O5S.ClH/c1-18(13-7-11-3-4-12(8-13)17-11)16(20)10-5-14(19(21)22)9-15(6-10)25(2,23)24;/h5-6,9,11-13,17H,3-4,7-8H2,1-2H3;1H. The highest BCUT2D eigenvalue weighted by Crippen LogP contribution is 2.30. The molecule has 2 aliphatic rings. The smallest absolute Gasteiger partial charge is 0.271 e. The van der Waals surface area contributed by atoms with Gasteiger partial charge in [-0.25, -0.2) is 8.42 Å². The molecule has 0 aliphatic carbocycles. The monoisotopic (exact) mass is 403 g/mol. The summed E-state index contributed by atoms with van der Waals surface area (Å²) < 4.78 is 23.6. The first-order valence-electron chi connectivity index (χ1n) is 8.18. The minimum absolute atomic E-state index is 0. The van der Waals surface area contributed by atoms with Crippen LogP contribution in [-0.2, 0) is 9.84 Å². The third-order valence-electron chi connectivity index (χ3n) is 5.09. The molecule has 1 amide bonds. The Morgan fingerprint density at radius 3 is 2.31 bits per heavy atom. The number of hydrogen-bond donors (Lipinski definition) is 1. The van der Waals surface area contributed by atoms with Crippen molar-refractivity contribution in [2.24, 2.45) is 0 Å². The molecular formula is C16H22ClN3O5S. The number of non-ortho nitro benzene ring substituents is 1. The third kappa shape index (κ3) is 4.16. The van der Waals surface area contributed by atoms with Crippen molar-refractivity contribution in [3.8, 4) is 0 Å². The molecule has 1 N–H and O–H groups in total. The Morgan fingerprint density at radius 1 is 1.23 bits per heavy atom. The average molecular weight is 404 g/mol. The van der Waals surface area contributed by atoms with Crippen LogP contribution in [-0.4, -0.2) is 55.6 Å². The van der Waals surface area contributed by atoms with E-state index >= 15 is 0 Å². The fourth-order valence-corrected chi connectivity index (χ4v) is 4.42. The zero-order valence-electron chi connectivity index (χ0n) is 14.5. The maximum atomic E-state index is 12.8. The lowest BCUT2D eigenvalue weighted by atomic mass is 9.98. The number of sulfone groups is 1. The number of nitrogens with zero attached hydrogens (tertiary/aromatic N) is 2. The Labute approximate surface area is 158 Å². The van der Waals surface area contributed by atoms with Gasteiger partial charge in [0.25, 0.3) is 11.6 Å². The number of carbonyl (C=O) groups excluding carboxylic acids is 1. The molecule has 2 saturated heterocycles. The Morgan fingerprint density at radius 2 is 1.81 bits per heavy atom. The Balaban J connectivity index is 0.00000243. The van der Waals surface area contributed by atoms with Crippen LogP contribution in [0.15, 0.2) is 23.1 Å². The van der Waals surface area contributed by atoms with Crippen LogP contribution in [0.3, 0.4) is 0 Å². The summed E-state index contributed by atoms with van der Waals surface area (Å²) >= 11 is 0. The average Bonchev–Trinajstić information content (AvgIpc) is 2.90. The molecule has 2 aliphatic heterocycles. The Kier molecular flexibility index (Phi) is 5.94. The number of nitrogens with one attached hydrogen (secondary N) is 1. The number of benzene rings is 1. The van der Waals surface area contributed by atoms with Crippen LogP contribution in [0.5, 0.6) is 0 Å². The highest BCUT2D eigenvalue weighted by Gasteiger charge is 2.36. The summed E-state index contributed by atoms with van der Waals surface area (Å²) in [5.74, 6) is -0.389. The number of piperidine rings is 1. The molecule has 144 valence electrons. The first-order valence-corrected chi connectivity index (χ1v) is 10.1. The topological polar surface area (TPSA) is 110 Å². The molecule has 1 aromatic rings. The van der Waals surface area contributed by atoms with Gasteiger partial charge in [-0.1, -0.05) is 0 Å². The number of fused-ring (bicyclic) bond motifs is 2. The predicted octanol–water partition coefficient (Wildman–Crippen LogP) is 1.78. The highest BCUT2D eigenvalue weighted by atomic mass is 35.5. The first kappa shape index (κ1) is 20.6. The van der Waals surface area contributed by atoms with E-state index in [1.807, 2.05) is 0 Å². The first-order chi connectivity index (χ1) is 11.6. The van der Waals surface area contributed by atoms with Crippen LogP contribution in [0.4, 0.5) is 5.69 Å². The SMILES string of the molecule is CN(C(=O)c1cc([N+](=O)[O-])cc(S(C)(=O)=O)c1)C1CC2CCC(C1)N2.Cl. The minimum atomic E-state index is -3.66. The molecule has 0 aromatic heterocycles. The molecule has 2 atom stereocenters. The number of rotatable bonds is 4. The summed E-state index contributed by atoms with van der Waals surface area (Å²) in [6, 6.07) is 4.19. The van der Waals surface area contributed by atoms with E-state index < -0.39 is 20.4 Å². The van der Waals surface area contributed by atoms with Crippen molar-refractivity contribution in [3.63, 3.8) is 0 Å². The minimum Gasteiger partial charge on any atom is -0.339 e. The molecule has 0 saturated carbocycles. The van der Waals surface area contributed by atoms with Gasteiger partial charge in [-0.05, 0) is 31.7 Å². The molecule has 3 rings (SSSR count). The molecule has 2 bridgehead atoms. The van der Waals surface area contributed by atoms with Crippen molar-refractivity contribution in [3.05, 3.63) is 33.9 Å². The fourth-order valence-electron chi connectivity index (χ4n) is 3.74. The Bertz CT molecular complexity index is 817. The number of hydrogen-bond acceptors (Lipinski definition) is 6. The summed E-state index contributed by atoms with van der Waals surface area (Å²) in [4.78, 5) is 24.6. The van der Waals surface area contributed by atoms with Gasteiger partial charge in [0.15, 0.2) is 9.84 Å². The van der Waals surface area contributed by atoms with Gasteiger partial charge in [-0.15, -0.1) is 12.4 Å². The van der Waals surface area contributed by atoms with Gasteiger partial charge in [0.05, 0.1) is 9.82 Å². The summed E-state index contributed by atoms with van der Waals surface area (Å²) in [5, 5.41) is 14.6. The van der Waals surface area contributed by atoms with E-state index in [1.165, 1.54) is 6.07 Å². The molecule has 2 unspecified atom stereocenters. The maximum Gasteiger partial charge on any atom is 0.271 e. The van der Waals surface area contributed by atoms with Crippen molar-refractivity contribution in [2.45, 2.75) is 48.7 Å². The zero-order valence-corrected chi connectivity index (χ0v) is 16.2. The highest BCUT2D eigenvalue weighted by molar-refractivity contribution is 7.90. The van der Waals surface area contributed by atoms with Gasteiger partial charge in [0, 0.05) is 49.1 Å². The van der Waals surface area contributed by atoms with Crippen LogP contribution >= 0.6 is 12.4 Å². The van der Waals surface area contributed by atoms with Crippen molar-refractivity contribution in [1.29, 1.82) is 0 Å². The van der Waals surface area contributed by atoms with Crippen molar-refractivity contribution >= 4 is 33.8 Å². The molecular weight excluding hydrogens is 382 g/mol. The van der Waals surface area contributed by atoms with Gasteiger partial charge >= 0.3 is 0 Å². The van der Waals surface area contributed by atoms with Crippen LogP contribution in [0, 0.1) is 10.1 Å². The zero-order chi connectivity index (χ0) is 18.4. The van der Waals surface area contributed by atoms with E-state index in [0.717, 1.165) is 44.1 Å². The number of nitro groups is 1. The lowest BCUT2D eigenvalue weighted by Gasteiger charge is -2.35. The van der Waals surface area contributed by atoms with E-state index in [9.17, 15) is 23.3 Å². The molecule has 8 nitrogen and oxygen atoms in total. The summed E-state index contributed by atoms with van der Waals surface area (Å²) in [7, 11) is -1.98. The molecule has 2 fully saturated rings. The molecule has 0 spiro atoms. The van der Waals surface area contributed by atoms with E-state index in [2.05, 4.69) is 5.32 Å². The number of amides is 1. The summed E-state index contributed by atoms with van der Waals surface area (Å²) in [6.45, 7) is 0. The summed E-state index contributed by atoms with van der Waals surface area (Å²) in [6.07, 6.45) is 4.84. The van der Waals surface area contributed by atoms with Gasteiger partial charge in [-0.3, -0.25) is 14.9 Å². The van der Waals surface area contributed by atoms with Gasteiger partial charge in [0.1, 0.15) is 0 Å². The predicted molar refractivity (Wildman–Crippen MR) is 98.5 cm³/mol. The van der Waals surface area contributed by atoms with Crippen molar-refractivity contribution in [2.75, 3.05) is 13.3 Å². The van der Waals surface area contributed by atoms with E-state index in [0.29, 0.717) is 12.1 Å². The van der Waals surface area contributed by atoms with Gasteiger partial charge < -0.3 is 10.2 Å².